The molecule has 0 heterocycles. The lowest BCUT2D eigenvalue weighted by Crippen LogP contribution is -2.17. The Hall–Kier alpha value is -0.300. The van der Waals surface area contributed by atoms with Crippen LogP contribution in [0.4, 0.5) is 0 Å². The molecule has 0 bridgehead atoms. The largest absolute Gasteiger partial charge is 0.324 e. The molecular formula is C11H21N. The lowest BCUT2D eigenvalue weighted by molar-refractivity contribution is 0.417. The minimum absolute atomic E-state index is 0.243. The van der Waals surface area contributed by atoms with Gasteiger partial charge in [0.25, 0.3) is 0 Å². The SMILES string of the molecule is CC(=CC1CCCCC1)C(C)N. The highest BCUT2D eigenvalue weighted by Gasteiger charge is 2.11. The second-order valence-electron chi connectivity index (χ2n) is 4.10. The highest BCUT2D eigenvalue weighted by molar-refractivity contribution is 5.07. The fourth-order valence-electron chi connectivity index (χ4n) is 1.82. The molecule has 0 saturated heterocycles. The maximum absolute atomic E-state index is 5.78. The van der Waals surface area contributed by atoms with E-state index in [0.29, 0.717) is 0 Å². The molecule has 0 aromatic heterocycles. The van der Waals surface area contributed by atoms with Crippen LogP contribution in [-0.4, -0.2) is 6.04 Å². The van der Waals surface area contributed by atoms with Crippen LogP contribution in [0.5, 0.6) is 0 Å². The minimum atomic E-state index is 0.243. The number of allylic oxidation sites excluding steroid dienone is 1. The van der Waals surface area contributed by atoms with Crippen molar-refractivity contribution in [2.24, 2.45) is 11.7 Å². The summed E-state index contributed by atoms with van der Waals surface area (Å²) >= 11 is 0. The summed E-state index contributed by atoms with van der Waals surface area (Å²) in [4.78, 5) is 0. The van der Waals surface area contributed by atoms with E-state index in [1.807, 2.05) is 0 Å². The smallest absolute Gasteiger partial charge is 0.0222 e. The molecule has 1 aliphatic rings. The third-order valence-corrected chi connectivity index (χ3v) is 2.87. The van der Waals surface area contributed by atoms with Crippen molar-refractivity contribution in [2.75, 3.05) is 0 Å². The van der Waals surface area contributed by atoms with Crippen molar-refractivity contribution in [3.63, 3.8) is 0 Å². The van der Waals surface area contributed by atoms with Crippen LogP contribution in [0.2, 0.25) is 0 Å². The molecule has 0 aliphatic heterocycles. The molecule has 12 heavy (non-hydrogen) atoms. The Bertz CT molecular complexity index is 152. The summed E-state index contributed by atoms with van der Waals surface area (Å²) in [6.45, 7) is 4.22. The Labute approximate surface area is 76.0 Å². The third-order valence-electron chi connectivity index (χ3n) is 2.87. The second kappa shape index (κ2) is 4.66. The van der Waals surface area contributed by atoms with Crippen LogP contribution in [0, 0.1) is 5.92 Å². The van der Waals surface area contributed by atoms with Crippen LogP contribution in [0.15, 0.2) is 11.6 Å². The Morgan fingerprint density at radius 1 is 1.33 bits per heavy atom. The van der Waals surface area contributed by atoms with Gasteiger partial charge in [0.2, 0.25) is 0 Å². The van der Waals surface area contributed by atoms with Crippen LogP contribution >= 0.6 is 0 Å². The second-order valence-corrected chi connectivity index (χ2v) is 4.10. The first-order valence-corrected chi connectivity index (χ1v) is 5.14. The van der Waals surface area contributed by atoms with Crippen LogP contribution in [-0.2, 0) is 0 Å². The van der Waals surface area contributed by atoms with Gasteiger partial charge in [-0.3, -0.25) is 0 Å². The zero-order valence-electron chi connectivity index (χ0n) is 8.34. The predicted octanol–water partition coefficient (Wildman–Crippen LogP) is 2.86. The topological polar surface area (TPSA) is 26.0 Å². The van der Waals surface area contributed by atoms with E-state index in [9.17, 15) is 0 Å². The van der Waals surface area contributed by atoms with E-state index in [0.717, 1.165) is 5.92 Å². The summed E-state index contributed by atoms with van der Waals surface area (Å²) in [6, 6.07) is 0.243. The molecule has 0 amide bonds. The first kappa shape index (κ1) is 9.79. The van der Waals surface area contributed by atoms with Crippen molar-refractivity contribution in [1.82, 2.24) is 0 Å². The van der Waals surface area contributed by atoms with Gasteiger partial charge < -0.3 is 5.73 Å². The van der Waals surface area contributed by atoms with Crippen molar-refractivity contribution in [3.8, 4) is 0 Å². The summed E-state index contributed by atoms with van der Waals surface area (Å²) < 4.78 is 0. The zero-order valence-corrected chi connectivity index (χ0v) is 8.34. The van der Waals surface area contributed by atoms with Crippen molar-refractivity contribution in [3.05, 3.63) is 11.6 Å². The van der Waals surface area contributed by atoms with E-state index >= 15 is 0 Å². The fourth-order valence-corrected chi connectivity index (χ4v) is 1.82. The summed E-state index contributed by atoms with van der Waals surface area (Å²) in [5.41, 5.74) is 7.15. The molecule has 0 spiro atoms. The molecule has 0 radical (unpaired) electrons. The lowest BCUT2D eigenvalue weighted by atomic mass is 9.87. The van der Waals surface area contributed by atoms with Crippen LogP contribution in [0.1, 0.15) is 46.0 Å². The Morgan fingerprint density at radius 2 is 1.92 bits per heavy atom. The van der Waals surface area contributed by atoms with E-state index in [2.05, 4.69) is 19.9 Å². The van der Waals surface area contributed by atoms with E-state index < -0.39 is 0 Å². The molecule has 1 unspecified atom stereocenters. The maximum Gasteiger partial charge on any atom is 0.0222 e. The van der Waals surface area contributed by atoms with Crippen molar-refractivity contribution in [1.29, 1.82) is 0 Å². The summed E-state index contributed by atoms with van der Waals surface area (Å²) in [5, 5.41) is 0. The molecule has 1 fully saturated rings. The third kappa shape index (κ3) is 2.98. The Kier molecular flexibility index (Phi) is 3.80. The van der Waals surface area contributed by atoms with Gasteiger partial charge in [0.15, 0.2) is 0 Å². The van der Waals surface area contributed by atoms with E-state index in [-0.39, 0.29) is 6.04 Å². The first-order chi connectivity index (χ1) is 5.70. The fraction of sp³-hybridized carbons (Fsp3) is 0.818. The summed E-state index contributed by atoms with van der Waals surface area (Å²) in [6.07, 6.45) is 9.40. The quantitative estimate of drug-likeness (QED) is 0.629. The highest BCUT2D eigenvalue weighted by Crippen LogP contribution is 2.25. The van der Waals surface area contributed by atoms with Crippen molar-refractivity contribution >= 4 is 0 Å². The van der Waals surface area contributed by atoms with Gasteiger partial charge in [0, 0.05) is 6.04 Å². The molecule has 1 atom stereocenters. The zero-order chi connectivity index (χ0) is 8.97. The number of hydrogen-bond donors (Lipinski definition) is 1. The van der Waals surface area contributed by atoms with Gasteiger partial charge in [-0.2, -0.15) is 0 Å². The molecule has 1 heteroatoms. The molecule has 70 valence electrons. The van der Waals surface area contributed by atoms with Crippen LogP contribution in [0.25, 0.3) is 0 Å². The van der Waals surface area contributed by atoms with Crippen LogP contribution in [0.3, 0.4) is 0 Å². The maximum atomic E-state index is 5.78. The lowest BCUT2D eigenvalue weighted by Gasteiger charge is -2.19. The standard InChI is InChI=1S/C11H21N/c1-9(10(2)12)8-11-6-4-3-5-7-11/h8,10-11H,3-7,12H2,1-2H3. The number of nitrogens with two attached hydrogens (primary N) is 1. The molecular weight excluding hydrogens is 146 g/mol. The molecule has 1 aliphatic carbocycles. The Balaban J connectivity index is 2.41. The molecule has 1 saturated carbocycles. The van der Waals surface area contributed by atoms with Gasteiger partial charge in [0.1, 0.15) is 0 Å². The molecule has 1 rings (SSSR count). The first-order valence-electron chi connectivity index (χ1n) is 5.14. The molecule has 0 aromatic rings. The van der Waals surface area contributed by atoms with Gasteiger partial charge in [-0.05, 0) is 32.6 Å². The average Bonchev–Trinajstić information content (AvgIpc) is 2.06. The summed E-state index contributed by atoms with van der Waals surface area (Å²) in [5.74, 6) is 0.824. The predicted molar refractivity (Wildman–Crippen MR) is 54.0 cm³/mol. The van der Waals surface area contributed by atoms with E-state index in [1.165, 1.54) is 37.7 Å². The van der Waals surface area contributed by atoms with Crippen molar-refractivity contribution < 1.29 is 0 Å². The van der Waals surface area contributed by atoms with Gasteiger partial charge in [-0.15, -0.1) is 0 Å². The van der Waals surface area contributed by atoms with Crippen molar-refractivity contribution in [2.45, 2.75) is 52.0 Å². The van der Waals surface area contributed by atoms with Gasteiger partial charge in [-0.1, -0.05) is 30.9 Å². The molecule has 0 aromatic carbocycles. The van der Waals surface area contributed by atoms with E-state index in [1.54, 1.807) is 0 Å². The van der Waals surface area contributed by atoms with Crippen LogP contribution < -0.4 is 5.73 Å². The normalized spacial score (nSPS) is 24.1. The van der Waals surface area contributed by atoms with Gasteiger partial charge in [-0.25, -0.2) is 0 Å². The Morgan fingerprint density at radius 3 is 2.42 bits per heavy atom. The van der Waals surface area contributed by atoms with Gasteiger partial charge >= 0.3 is 0 Å². The molecule has 2 N–H and O–H groups in total. The average molecular weight is 167 g/mol. The number of rotatable bonds is 2. The molecule has 1 nitrogen and oxygen atoms in total. The summed E-state index contributed by atoms with van der Waals surface area (Å²) in [7, 11) is 0. The monoisotopic (exact) mass is 167 g/mol. The highest BCUT2D eigenvalue weighted by atomic mass is 14.6. The minimum Gasteiger partial charge on any atom is -0.324 e. The number of hydrogen-bond acceptors (Lipinski definition) is 1. The van der Waals surface area contributed by atoms with E-state index in [4.69, 9.17) is 5.73 Å². The van der Waals surface area contributed by atoms with Gasteiger partial charge in [0.05, 0.1) is 0 Å².